The van der Waals surface area contributed by atoms with E-state index in [-0.39, 0.29) is 16.6 Å². The number of hydrogen-bond acceptors (Lipinski definition) is 7. The van der Waals surface area contributed by atoms with Crippen molar-refractivity contribution >= 4 is 17.4 Å². The van der Waals surface area contributed by atoms with Crippen molar-refractivity contribution in [1.82, 2.24) is 15.0 Å². The van der Waals surface area contributed by atoms with Gasteiger partial charge < -0.3 is 4.74 Å². The number of ether oxygens (including phenoxy) is 1. The zero-order valence-corrected chi connectivity index (χ0v) is 12.5. The summed E-state index contributed by atoms with van der Waals surface area (Å²) in [5.74, 6) is 0.251. The predicted octanol–water partition coefficient (Wildman–Crippen LogP) is 3.72. The van der Waals surface area contributed by atoms with Crippen LogP contribution in [0.1, 0.15) is 0 Å². The normalized spacial score (nSPS) is 10.3. The van der Waals surface area contributed by atoms with Gasteiger partial charge in [0.25, 0.3) is 0 Å². The number of rotatable bonds is 5. The molecule has 2 heterocycles. The molecule has 0 atom stereocenters. The first-order valence-corrected chi connectivity index (χ1v) is 7.36. The minimum atomic E-state index is -0.545. The number of aromatic nitrogens is 3. The van der Waals surface area contributed by atoms with E-state index in [0.29, 0.717) is 5.75 Å². The molecule has 7 nitrogen and oxygen atoms in total. The second kappa shape index (κ2) is 6.84. The summed E-state index contributed by atoms with van der Waals surface area (Å²) < 4.78 is 5.48. The van der Waals surface area contributed by atoms with Gasteiger partial charge in [-0.2, -0.15) is 4.98 Å². The summed E-state index contributed by atoms with van der Waals surface area (Å²) >= 11 is 1.18. The molecule has 0 saturated heterocycles. The van der Waals surface area contributed by atoms with Gasteiger partial charge in [-0.05, 0) is 24.3 Å². The summed E-state index contributed by atoms with van der Waals surface area (Å²) in [6.45, 7) is 0. The van der Waals surface area contributed by atoms with Crippen molar-refractivity contribution in [3.63, 3.8) is 0 Å². The summed E-state index contributed by atoms with van der Waals surface area (Å²) in [6.07, 6.45) is 4.28. The summed E-state index contributed by atoms with van der Waals surface area (Å²) in [7, 11) is 0. The Labute approximate surface area is 135 Å². The average molecular weight is 326 g/mol. The highest BCUT2D eigenvalue weighted by molar-refractivity contribution is 7.99. The third-order valence-electron chi connectivity index (χ3n) is 2.74. The first kappa shape index (κ1) is 14.9. The van der Waals surface area contributed by atoms with E-state index in [1.54, 1.807) is 18.3 Å². The molecular weight excluding hydrogens is 316 g/mol. The van der Waals surface area contributed by atoms with Crippen LogP contribution < -0.4 is 4.74 Å². The van der Waals surface area contributed by atoms with Crippen molar-refractivity contribution in [3.8, 4) is 11.6 Å². The third-order valence-corrected chi connectivity index (χ3v) is 3.74. The van der Waals surface area contributed by atoms with E-state index in [4.69, 9.17) is 4.74 Å². The van der Waals surface area contributed by atoms with Crippen molar-refractivity contribution in [2.24, 2.45) is 0 Å². The average Bonchev–Trinajstić information content (AvgIpc) is 2.56. The van der Waals surface area contributed by atoms with E-state index < -0.39 is 4.92 Å². The van der Waals surface area contributed by atoms with Crippen molar-refractivity contribution in [2.45, 2.75) is 9.92 Å². The number of nitro groups is 1. The van der Waals surface area contributed by atoms with Gasteiger partial charge in [-0.25, -0.2) is 4.98 Å². The molecule has 0 amide bonds. The zero-order chi connectivity index (χ0) is 16.1. The van der Waals surface area contributed by atoms with Gasteiger partial charge in [0.1, 0.15) is 12.1 Å². The van der Waals surface area contributed by atoms with E-state index in [1.807, 2.05) is 30.3 Å². The molecule has 3 aromatic rings. The van der Waals surface area contributed by atoms with E-state index in [9.17, 15) is 10.1 Å². The Morgan fingerprint density at radius 3 is 2.61 bits per heavy atom. The molecule has 23 heavy (non-hydrogen) atoms. The van der Waals surface area contributed by atoms with Gasteiger partial charge in [0.2, 0.25) is 0 Å². The predicted molar refractivity (Wildman–Crippen MR) is 83.6 cm³/mol. The van der Waals surface area contributed by atoms with E-state index in [0.717, 1.165) is 4.90 Å². The number of nitrogens with zero attached hydrogens (tertiary/aromatic N) is 4. The molecule has 8 heteroatoms. The highest BCUT2D eigenvalue weighted by atomic mass is 32.2. The molecule has 0 aliphatic rings. The van der Waals surface area contributed by atoms with Crippen LogP contribution in [-0.4, -0.2) is 19.9 Å². The van der Waals surface area contributed by atoms with Gasteiger partial charge in [0.15, 0.2) is 5.03 Å². The molecule has 114 valence electrons. The first-order valence-electron chi connectivity index (χ1n) is 6.54. The van der Waals surface area contributed by atoms with Gasteiger partial charge >= 0.3 is 11.6 Å². The minimum Gasteiger partial charge on any atom is -0.432 e. The Bertz CT molecular complexity index is 756. The summed E-state index contributed by atoms with van der Waals surface area (Å²) in [5.41, 5.74) is -0.273. The van der Waals surface area contributed by atoms with Crippen LogP contribution in [0.15, 0.2) is 71.1 Å². The topological polar surface area (TPSA) is 91.0 Å². The van der Waals surface area contributed by atoms with E-state index in [1.165, 1.54) is 24.3 Å². The van der Waals surface area contributed by atoms with Gasteiger partial charge in [-0.3, -0.25) is 15.1 Å². The van der Waals surface area contributed by atoms with E-state index >= 15 is 0 Å². The molecule has 0 bridgehead atoms. The molecule has 2 aromatic heterocycles. The summed E-state index contributed by atoms with van der Waals surface area (Å²) in [4.78, 5) is 23.5. The molecule has 3 rings (SSSR count). The lowest BCUT2D eigenvalue weighted by Crippen LogP contribution is -2.00. The fraction of sp³-hybridized carbons (Fsp3) is 0. The molecule has 0 spiro atoms. The van der Waals surface area contributed by atoms with Gasteiger partial charge in [-0.15, -0.1) is 0 Å². The van der Waals surface area contributed by atoms with Crippen LogP contribution >= 0.6 is 11.8 Å². The highest BCUT2D eigenvalue weighted by Gasteiger charge is 2.25. The molecule has 0 aliphatic heterocycles. The fourth-order valence-electron chi connectivity index (χ4n) is 1.77. The zero-order valence-electron chi connectivity index (χ0n) is 11.7. The van der Waals surface area contributed by atoms with Crippen LogP contribution in [-0.2, 0) is 0 Å². The van der Waals surface area contributed by atoms with Crippen LogP contribution in [0.25, 0.3) is 0 Å². The Morgan fingerprint density at radius 2 is 1.91 bits per heavy atom. The van der Waals surface area contributed by atoms with Crippen molar-refractivity contribution < 1.29 is 9.66 Å². The van der Waals surface area contributed by atoms with E-state index in [2.05, 4.69) is 15.0 Å². The quantitative estimate of drug-likeness (QED) is 0.401. The molecule has 0 saturated carbocycles. The maximum Gasteiger partial charge on any atom is 0.363 e. The van der Waals surface area contributed by atoms with Crippen molar-refractivity contribution in [2.75, 3.05) is 0 Å². The van der Waals surface area contributed by atoms with Crippen LogP contribution in [0.2, 0.25) is 0 Å². The Morgan fingerprint density at radius 1 is 1.09 bits per heavy atom. The maximum absolute atomic E-state index is 11.4. The molecule has 0 radical (unpaired) electrons. The lowest BCUT2D eigenvalue weighted by molar-refractivity contribution is -0.389. The van der Waals surface area contributed by atoms with Gasteiger partial charge in [0.05, 0.1) is 11.1 Å². The molecule has 0 N–H and O–H groups in total. The molecule has 0 unspecified atom stereocenters. The van der Waals surface area contributed by atoms with Gasteiger partial charge in [-0.1, -0.05) is 30.0 Å². The Balaban J connectivity index is 1.97. The minimum absolute atomic E-state index is 0.114. The standard InChI is InChI=1S/C15H10N4O3S/c20-19(21)13-14(22-11-5-4-8-16-9-11)17-10-18-15(13)23-12-6-2-1-3-7-12/h1-10H. The molecule has 0 aliphatic carbocycles. The number of pyridine rings is 1. The Kier molecular flexibility index (Phi) is 4.44. The highest BCUT2D eigenvalue weighted by Crippen LogP contribution is 2.38. The largest absolute Gasteiger partial charge is 0.432 e. The number of hydrogen-bond donors (Lipinski definition) is 0. The second-order valence-electron chi connectivity index (χ2n) is 4.30. The lowest BCUT2D eigenvalue weighted by atomic mass is 10.4. The smallest absolute Gasteiger partial charge is 0.363 e. The monoisotopic (exact) mass is 326 g/mol. The Hall–Kier alpha value is -3.00. The van der Waals surface area contributed by atoms with Crippen LogP contribution in [0.4, 0.5) is 5.69 Å². The first-order chi connectivity index (χ1) is 11.2. The molecule has 0 fully saturated rings. The lowest BCUT2D eigenvalue weighted by Gasteiger charge is -2.07. The summed E-state index contributed by atoms with van der Waals surface area (Å²) in [5, 5.41) is 11.7. The van der Waals surface area contributed by atoms with Gasteiger partial charge in [0, 0.05) is 11.1 Å². The maximum atomic E-state index is 11.4. The molecular formula is C15H10N4O3S. The fourth-order valence-corrected chi connectivity index (χ4v) is 2.65. The van der Waals surface area contributed by atoms with Crippen LogP contribution in [0.3, 0.4) is 0 Å². The summed E-state index contributed by atoms with van der Waals surface area (Å²) in [6, 6.07) is 12.6. The van der Waals surface area contributed by atoms with Crippen LogP contribution in [0.5, 0.6) is 11.6 Å². The SMILES string of the molecule is O=[N+]([O-])c1c(Oc2cccnc2)ncnc1Sc1ccccc1. The van der Waals surface area contributed by atoms with Crippen molar-refractivity contribution in [1.29, 1.82) is 0 Å². The second-order valence-corrected chi connectivity index (χ2v) is 5.36. The van der Waals surface area contributed by atoms with Crippen LogP contribution in [0, 0.1) is 10.1 Å². The van der Waals surface area contributed by atoms with Crippen molar-refractivity contribution in [3.05, 3.63) is 71.3 Å². The number of benzene rings is 1. The third kappa shape index (κ3) is 3.61. The molecule has 1 aromatic carbocycles.